The third kappa shape index (κ3) is 5.47. The van der Waals surface area contributed by atoms with Crippen molar-refractivity contribution in [3.8, 4) is 17.0 Å². The van der Waals surface area contributed by atoms with Crippen LogP contribution in [0.4, 0.5) is 0 Å². The first kappa shape index (κ1) is 16.5. The Labute approximate surface area is 133 Å². The molecule has 2 rings (SSSR count). The zero-order valence-corrected chi connectivity index (χ0v) is 13.5. The van der Waals surface area contributed by atoms with Crippen LogP contribution in [0.5, 0.6) is 5.75 Å². The van der Waals surface area contributed by atoms with E-state index < -0.39 is 0 Å². The first-order valence-corrected chi connectivity index (χ1v) is 8.40. The summed E-state index contributed by atoms with van der Waals surface area (Å²) in [7, 11) is 0. The van der Waals surface area contributed by atoms with Crippen molar-refractivity contribution in [2.45, 2.75) is 51.9 Å². The van der Waals surface area contributed by atoms with E-state index in [9.17, 15) is 0 Å². The molecule has 118 valence electrons. The van der Waals surface area contributed by atoms with Crippen molar-refractivity contribution in [1.82, 2.24) is 9.97 Å². The third-order valence-corrected chi connectivity index (χ3v) is 3.75. The predicted molar refractivity (Wildman–Crippen MR) is 91.0 cm³/mol. The van der Waals surface area contributed by atoms with Crippen LogP contribution in [-0.2, 0) is 0 Å². The summed E-state index contributed by atoms with van der Waals surface area (Å²) < 4.78 is 5.96. The lowest BCUT2D eigenvalue weighted by molar-refractivity contribution is 0.305. The summed E-state index contributed by atoms with van der Waals surface area (Å²) in [5.41, 5.74) is 1.94. The molecule has 1 heterocycles. The maximum atomic E-state index is 5.96. The van der Waals surface area contributed by atoms with Gasteiger partial charge in [-0.15, -0.1) is 0 Å². The van der Waals surface area contributed by atoms with Gasteiger partial charge in [-0.1, -0.05) is 57.6 Å². The van der Waals surface area contributed by atoms with E-state index in [-0.39, 0.29) is 0 Å². The van der Waals surface area contributed by atoms with Crippen LogP contribution in [0.15, 0.2) is 42.9 Å². The number of benzene rings is 1. The Morgan fingerprint density at radius 2 is 1.68 bits per heavy atom. The van der Waals surface area contributed by atoms with E-state index in [0.29, 0.717) is 0 Å². The van der Waals surface area contributed by atoms with Gasteiger partial charge in [-0.05, 0) is 24.6 Å². The van der Waals surface area contributed by atoms with Crippen LogP contribution in [0, 0.1) is 0 Å². The molecule has 0 atom stereocenters. The number of unbranched alkanes of at least 4 members (excludes halogenated alkanes) is 6. The number of aromatic nitrogens is 2. The molecule has 1 aromatic carbocycles. The summed E-state index contributed by atoms with van der Waals surface area (Å²) in [5, 5.41) is 0. The first-order chi connectivity index (χ1) is 10.9. The topological polar surface area (TPSA) is 35.0 Å². The number of para-hydroxylation sites is 1. The molecule has 0 saturated heterocycles. The zero-order chi connectivity index (χ0) is 15.5. The van der Waals surface area contributed by atoms with Gasteiger partial charge in [0.1, 0.15) is 12.1 Å². The van der Waals surface area contributed by atoms with Gasteiger partial charge in [0.25, 0.3) is 0 Å². The van der Waals surface area contributed by atoms with Gasteiger partial charge < -0.3 is 4.74 Å². The SMILES string of the molecule is CCCCCCCCCOc1ccccc1-c1ccncn1. The fourth-order valence-electron chi connectivity index (χ4n) is 2.50. The van der Waals surface area contributed by atoms with Crippen molar-refractivity contribution in [2.75, 3.05) is 6.61 Å². The predicted octanol–water partition coefficient (Wildman–Crippen LogP) is 5.27. The van der Waals surface area contributed by atoms with E-state index in [1.54, 1.807) is 12.5 Å². The van der Waals surface area contributed by atoms with Crippen LogP contribution < -0.4 is 4.74 Å². The van der Waals surface area contributed by atoms with Crippen LogP contribution in [0.1, 0.15) is 51.9 Å². The van der Waals surface area contributed by atoms with E-state index in [0.717, 1.165) is 30.0 Å². The summed E-state index contributed by atoms with van der Waals surface area (Å²) in [6, 6.07) is 9.99. The number of hydrogen-bond donors (Lipinski definition) is 0. The van der Waals surface area contributed by atoms with Gasteiger partial charge >= 0.3 is 0 Å². The molecule has 0 fully saturated rings. The Balaban J connectivity index is 1.77. The molecule has 0 aliphatic carbocycles. The van der Waals surface area contributed by atoms with E-state index in [4.69, 9.17) is 4.74 Å². The molecule has 3 heteroatoms. The van der Waals surface area contributed by atoms with Crippen molar-refractivity contribution >= 4 is 0 Å². The summed E-state index contributed by atoms with van der Waals surface area (Å²) in [5.74, 6) is 0.909. The number of ether oxygens (including phenoxy) is 1. The van der Waals surface area contributed by atoms with Crippen LogP contribution >= 0.6 is 0 Å². The molecule has 3 nitrogen and oxygen atoms in total. The highest BCUT2D eigenvalue weighted by molar-refractivity contribution is 5.66. The van der Waals surface area contributed by atoms with Crippen LogP contribution in [-0.4, -0.2) is 16.6 Å². The van der Waals surface area contributed by atoms with Crippen molar-refractivity contribution < 1.29 is 4.74 Å². The lowest BCUT2D eigenvalue weighted by Crippen LogP contribution is -1.99. The largest absolute Gasteiger partial charge is 0.493 e. The Morgan fingerprint density at radius 1 is 0.909 bits per heavy atom. The Kier molecular flexibility index (Phi) is 7.44. The second-order valence-electron chi connectivity index (χ2n) is 5.56. The minimum atomic E-state index is 0.774. The molecule has 2 aromatic rings. The fraction of sp³-hybridized carbons (Fsp3) is 0.474. The van der Waals surface area contributed by atoms with Crippen molar-refractivity contribution in [1.29, 1.82) is 0 Å². The molecule has 1 aromatic heterocycles. The quantitative estimate of drug-likeness (QED) is 0.560. The maximum absolute atomic E-state index is 5.96. The number of hydrogen-bond acceptors (Lipinski definition) is 3. The van der Waals surface area contributed by atoms with E-state index in [1.165, 1.54) is 38.5 Å². The van der Waals surface area contributed by atoms with E-state index in [1.807, 2.05) is 30.3 Å². The minimum absolute atomic E-state index is 0.774. The standard InChI is InChI=1S/C19H26N2O/c1-2-3-4-5-6-7-10-15-22-19-12-9-8-11-17(19)18-13-14-20-16-21-18/h8-9,11-14,16H,2-7,10,15H2,1H3. The van der Waals surface area contributed by atoms with Gasteiger partial charge in [0.05, 0.1) is 12.3 Å². The molecule has 0 unspecified atom stereocenters. The average Bonchev–Trinajstić information content (AvgIpc) is 2.58. The average molecular weight is 298 g/mol. The molecule has 0 spiro atoms. The molecular weight excluding hydrogens is 272 g/mol. The van der Waals surface area contributed by atoms with Gasteiger partial charge in [-0.3, -0.25) is 0 Å². The maximum Gasteiger partial charge on any atom is 0.128 e. The van der Waals surface area contributed by atoms with Gasteiger partial charge in [0, 0.05) is 11.8 Å². The Bertz CT molecular complexity index is 528. The smallest absolute Gasteiger partial charge is 0.128 e. The number of nitrogens with zero attached hydrogens (tertiary/aromatic N) is 2. The highest BCUT2D eigenvalue weighted by Crippen LogP contribution is 2.27. The highest BCUT2D eigenvalue weighted by Gasteiger charge is 2.06. The minimum Gasteiger partial charge on any atom is -0.493 e. The van der Waals surface area contributed by atoms with Crippen molar-refractivity contribution in [3.05, 3.63) is 42.9 Å². The molecule has 0 amide bonds. The third-order valence-electron chi connectivity index (χ3n) is 3.75. The van der Waals surface area contributed by atoms with Crippen LogP contribution in [0.3, 0.4) is 0 Å². The zero-order valence-electron chi connectivity index (χ0n) is 13.5. The van der Waals surface area contributed by atoms with Gasteiger partial charge in [0.15, 0.2) is 0 Å². The van der Waals surface area contributed by atoms with Gasteiger partial charge in [0.2, 0.25) is 0 Å². The molecule has 0 radical (unpaired) electrons. The molecule has 0 N–H and O–H groups in total. The number of rotatable bonds is 10. The van der Waals surface area contributed by atoms with Crippen LogP contribution in [0.25, 0.3) is 11.3 Å². The molecule has 22 heavy (non-hydrogen) atoms. The monoisotopic (exact) mass is 298 g/mol. The Hall–Kier alpha value is -1.90. The lowest BCUT2D eigenvalue weighted by Gasteiger charge is -2.10. The van der Waals surface area contributed by atoms with Crippen molar-refractivity contribution in [2.24, 2.45) is 0 Å². The van der Waals surface area contributed by atoms with Gasteiger partial charge in [-0.25, -0.2) is 9.97 Å². The second-order valence-corrected chi connectivity index (χ2v) is 5.56. The fourth-order valence-corrected chi connectivity index (χ4v) is 2.50. The summed E-state index contributed by atoms with van der Waals surface area (Å²) in [6.07, 6.45) is 12.4. The Morgan fingerprint density at radius 3 is 2.45 bits per heavy atom. The van der Waals surface area contributed by atoms with Crippen LogP contribution in [0.2, 0.25) is 0 Å². The van der Waals surface area contributed by atoms with E-state index >= 15 is 0 Å². The van der Waals surface area contributed by atoms with E-state index in [2.05, 4.69) is 16.9 Å². The molecule has 0 aliphatic heterocycles. The normalized spacial score (nSPS) is 10.6. The second kappa shape index (κ2) is 9.93. The van der Waals surface area contributed by atoms with Crippen molar-refractivity contribution in [3.63, 3.8) is 0 Å². The molecule has 0 bridgehead atoms. The lowest BCUT2D eigenvalue weighted by atomic mass is 10.1. The first-order valence-electron chi connectivity index (χ1n) is 8.40. The van der Waals surface area contributed by atoms with Gasteiger partial charge in [-0.2, -0.15) is 0 Å². The summed E-state index contributed by atoms with van der Waals surface area (Å²) in [4.78, 5) is 8.27. The highest BCUT2D eigenvalue weighted by atomic mass is 16.5. The summed E-state index contributed by atoms with van der Waals surface area (Å²) >= 11 is 0. The molecular formula is C19H26N2O. The molecule has 0 saturated carbocycles. The summed E-state index contributed by atoms with van der Waals surface area (Å²) in [6.45, 7) is 3.03. The molecule has 0 aliphatic rings.